The highest BCUT2D eigenvalue weighted by atomic mass is 35.5. The second-order valence-electron chi connectivity index (χ2n) is 22.4. The molecule has 4 unspecified atom stereocenters. The highest BCUT2D eigenvalue weighted by Gasteiger charge is 2.28. The van der Waals surface area contributed by atoms with Crippen molar-refractivity contribution in [1.82, 2.24) is 52.5 Å². The molecule has 0 radical (unpaired) electrons. The van der Waals surface area contributed by atoms with Gasteiger partial charge in [-0.2, -0.15) is 0 Å². The molecule has 30 nitrogen and oxygen atoms in total. The summed E-state index contributed by atoms with van der Waals surface area (Å²) in [6.07, 6.45) is 6.96. The molecule has 34 heteroatoms. The molecule has 0 bridgehead atoms. The molecular formula is C67H96Cl4N12O18. The number of nitrogens with zero attached hydrogens (tertiary/aromatic N) is 2. The molecule has 0 spiro atoms. The number of unbranched alkanes of at least 4 members (excludes halogenated alkanes) is 3. The predicted octanol–water partition coefficient (Wildman–Crippen LogP) is 6.49. The van der Waals surface area contributed by atoms with Gasteiger partial charge in [-0.1, -0.05) is 58.5 Å². The summed E-state index contributed by atoms with van der Waals surface area (Å²) in [6.45, 7) is 5.75. The van der Waals surface area contributed by atoms with Crippen molar-refractivity contribution < 1.29 is 86.5 Å². The number of carboxylic acids is 2. The number of hydrogen-bond acceptors (Lipinski definition) is 20. The van der Waals surface area contributed by atoms with E-state index in [1.165, 1.54) is 36.4 Å². The van der Waals surface area contributed by atoms with Crippen LogP contribution >= 0.6 is 46.4 Å². The lowest BCUT2D eigenvalue weighted by atomic mass is 10.0. The zero-order chi connectivity index (χ0) is 72.9. The third kappa shape index (κ3) is 43.2. The summed E-state index contributed by atoms with van der Waals surface area (Å²) in [5, 5.41) is 48.4. The molecule has 4 rings (SSSR count). The summed E-state index contributed by atoms with van der Waals surface area (Å²) >= 11 is 24.7. The van der Waals surface area contributed by atoms with Gasteiger partial charge in [-0.05, 0) is 117 Å². The number of carbonyl (C=O) groups is 8. The molecule has 4 aromatic rings. The van der Waals surface area contributed by atoms with Gasteiger partial charge in [-0.3, -0.25) is 28.8 Å². The quantitative estimate of drug-likeness (QED) is 0.0210. The maximum Gasteiger partial charge on any atom is 0.314 e. The van der Waals surface area contributed by atoms with Crippen LogP contribution in [0.2, 0.25) is 20.1 Å². The van der Waals surface area contributed by atoms with Crippen molar-refractivity contribution in [1.29, 1.82) is 0 Å². The minimum atomic E-state index is -1.17. The molecule has 0 saturated heterocycles. The van der Waals surface area contributed by atoms with E-state index in [4.69, 9.17) is 84.3 Å². The van der Waals surface area contributed by atoms with E-state index in [2.05, 4.69) is 63.1 Å². The summed E-state index contributed by atoms with van der Waals surface area (Å²) in [7, 11) is 0. The molecule has 0 aliphatic rings. The lowest BCUT2D eigenvalue weighted by Gasteiger charge is -2.23. The molecule has 101 heavy (non-hydrogen) atoms. The SMILES string of the molecule is O=C(O)CC(NC(=O)C(COCCOCCOCCCOCCNC(=O)NCCCCNC(=O)NCCOCCOCCOCCOCC(NC(=O)CCCCNc1ccccn1)C(=O)NC(CC(=O)O)c1cc(Cl)cc(Cl)c1)NC(=O)CCCCNc1ccccn1)c1cc(Cl)cc(Cl)c1. The van der Waals surface area contributed by atoms with E-state index in [-0.39, 0.29) is 143 Å². The van der Waals surface area contributed by atoms with Crippen molar-refractivity contribution in [3.05, 3.63) is 116 Å². The molecule has 0 fully saturated rings. The molecule has 0 aliphatic carbocycles. The number of halogens is 4. The van der Waals surface area contributed by atoms with E-state index in [9.17, 15) is 48.6 Å². The largest absolute Gasteiger partial charge is 0.481 e. The number of pyridine rings is 2. The zero-order valence-corrected chi connectivity index (χ0v) is 59.6. The fourth-order valence-electron chi connectivity index (χ4n) is 9.16. The minimum Gasteiger partial charge on any atom is -0.481 e. The molecule has 2 aromatic carbocycles. The van der Waals surface area contributed by atoms with Crippen molar-refractivity contribution in [3.8, 4) is 0 Å². The molecule has 2 heterocycles. The first-order chi connectivity index (χ1) is 48.9. The highest BCUT2D eigenvalue weighted by Crippen LogP contribution is 2.27. The van der Waals surface area contributed by atoms with E-state index < -0.39 is 60.8 Å². The number of urea groups is 2. The van der Waals surface area contributed by atoms with Gasteiger partial charge in [0.15, 0.2) is 0 Å². The Hall–Kier alpha value is -7.46. The maximum absolute atomic E-state index is 13.6. The van der Waals surface area contributed by atoms with Crippen LogP contribution < -0.4 is 53.2 Å². The van der Waals surface area contributed by atoms with Crippen LogP contribution in [0.25, 0.3) is 0 Å². The average Bonchev–Trinajstić information content (AvgIpc) is 0.857. The molecule has 12 N–H and O–H groups in total. The predicted molar refractivity (Wildman–Crippen MR) is 379 cm³/mol. The Bertz CT molecular complexity index is 3000. The number of anilines is 2. The minimum absolute atomic E-state index is 0.0813. The summed E-state index contributed by atoms with van der Waals surface area (Å²) in [4.78, 5) is 109. The Morgan fingerprint density at radius 3 is 1.08 bits per heavy atom. The van der Waals surface area contributed by atoms with Crippen LogP contribution in [-0.4, -0.2) is 225 Å². The number of amides is 8. The summed E-state index contributed by atoms with van der Waals surface area (Å²) in [5.74, 6) is -2.99. The Labute approximate surface area is 608 Å². The van der Waals surface area contributed by atoms with E-state index in [1.807, 2.05) is 36.4 Å². The number of ether oxygens (including phenoxy) is 8. The molecule has 560 valence electrons. The lowest BCUT2D eigenvalue weighted by Crippen LogP contribution is -2.50. The van der Waals surface area contributed by atoms with Crippen molar-refractivity contribution in [3.63, 3.8) is 0 Å². The van der Waals surface area contributed by atoms with Gasteiger partial charge in [0.05, 0.1) is 117 Å². The Kier molecular flexibility index (Phi) is 46.2. The number of carbonyl (C=O) groups excluding carboxylic acids is 6. The van der Waals surface area contributed by atoms with Crippen LogP contribution in [0.5, 0.6) is 0 Å². The van der Waals surface area contributed by atoms with Crippen molar-refractivity contribution in [2.75, 3.05) is 156 Å². The van der Waals surface area contributed by atoms with E-state index in [0.29, 0.717) is 115 Å². The maximum atomic E-state index is 13.6. The van der Waals surface area contributed by atoms with E-state index >= 15 is 0 Å². The molecule has 8 amide bonds. The highest BCUT2D eigenvalue weighted by molar-refractivity contribution is 6.35. The number of aromatic nitrogens is 2. The van der Waals surface area contributed by atoms with E-state index in [0.717, 1.165) is 11.6 Å². The number of hydrogen-bond donors (Lipinski definition) is 12. The van der Waals surface area contributed by atoms with Crippen LogP contribution in [0.3, 0.4) is 0 Å². The van der Waals surface area contributed by atoms with Gasteiger partial charge in [0.2, 0.25) is 23.6 Å². The molecule has 4 atom stereocenters. The summed E-state index contributed by atoms with van der Waals surface area (Å²) < 4.78 is 44.9. The Balaban J connectivity index is 0.935. The first-order valence-corrected chi connectivity index (χ1v) is 34.9. The molecule has 0 aliphatic heterocycles. The lowest BCUT2D eigenvalue weighted by molar-refractivity contribution is -0.139. The van der Waals surface area contributed by atoms with Crippen molar-refractivity contribution >= 4 is 106 Å². The Morgan fingerprint density at radius 1 is 0.376 bits per heavy atom. The molecule has 2 aromatic heterocycles. The van der Waals surface area contributed by atoms with E-state index in [1.54, 1.807) is 12.4 Å². The summed E-state index contributed by atoms with van der Waals surface area (Å²) in [6, 6.07) is 15.0. The van der Waals surface area contributed by atoms with Gasteiger partial charge < -0.3 is 101 Å². The van der Waals surface area contributed by atoms with Gasteiger partial charge in [0, 0.05) is 97.8 Å². The van der Waals surface area contributed by atoms with Crippen LogP contribution in [-0.2, 0) is 66.7 Å². The number of rotatable bonds is 58. The van der Waals surface area contributed by atoms with Crippen LogP contribution in [0.15, 0.2) is 85.2 Å². The van der Waals surface area contributed by atoms with Crippen LogP contribution in [0.1, 0.15) is 93.8 Å². The first-order valence-electron chi connectivity index (χ1n) is 33.4. The average molecular weight is 1500 g/mol. The van der Waals surface area contributed by atoms with Gasteiger partial charge in [0.25, 0.3) is 0 Å². The van der Waals surface area contributed by atoms with Gasteiger partial charge in [0.1, 0.15) is 23.7 Å². The van der Waals surface area contributed by atoms with Gasteiger partial charge in [-0.25, -0.2) is 19.6 Å². The zero-order valence-electron chi connectivity index (χ0n) is 56.6. The van der Waals surface area contributed by atoms with Crippen molar-refractivity contribution in [2.45, 2.75) is 94.8 Å². The molecule has 0 saturated carbocycles. The van der Waals surface area contributed by atoms with Crippen LogP contribution in [0.4, 0.5) is 21.2 Å². The fourth-order valence-corrected chi connectivity index (χ4v) is 10.2. The van der Waals surface area contributed by atoms with Gasteiger partial charge in [-0.15, -0.1) is 0 Å². The Morgan fingerprint density at radius 2 is 0.713 bits per heavy atom. The van der Waals surface area contributed by atoms with Crippen LogP contribution in [0, 0.1) is 0 Å². The summed E-state index contributed by atoms with van der Waals surface area (Å²) in [5.41, 5.74) is 0.759. The van der Waals surface area contributed by atoms with Gasteiger partial charge >= 0.3 is 24.0 Å². The normalized spacial score (nSPS) is 12.2. The smallest absolute Gasteiger partial charge is 0.314 e. The standard InChI is InChI=1S/C67H96Cl4N12O18/c68-50-38-48(39-51(69)42-50)54(44-62(86)87)82-64(90)56(80-60(84)14-3-7-18-74-58-12-1-5-16-72-58)46-100-36-34-98-30-28-95-25-11-24-94-26-22-78-66(92)76-20-9-10-21-77-67(93)79-23-27-96-29-31-97-32-33-99-35-37-101-47-57(81-61(85)15-4-8-19-75-59-13-2-6-17-73-59)65(91)83-55(45-63(88)89)49-40-52(70)43-53(71)41-49/h1-2,5-6,12-13,16-17,38-43,54-57H,3-4,7-11,14-15,18-37,44-47H2,(H,72,74)(H,73,75)(H,80,84)(H,81,85)(H,82,90)(H,83,91)(H,86,87)(H,88,89)(H2,76,78,92)(H2,77,79,93). The third-order valence-corrected chi connectivity index (χ3v) is 15.0. The van der Waals surface area contributed by atoms with Crippen molar-refractivity contribution in [2.24, 2.45) is 0 Å². The fraction of sp³-hybridized carbons (Fsp3) is 0.552. The number of aliphatic carboxylic acids is 2. The second-order valence-corrected chi connectivity index (χ2v) is 24.2. The number of benzene rings is 2. The topological polar surface area (TPSA) is 397 Å². The third-order valence-electron chi connectivity index (χ3n) is 14.1. The number of carboxylic acid groups (broad SMARTS) is 2. The monoisotopic (exact) mass is 1500 g/mol. The second kappa shape index (κ2) is 54.3. The number of nitrogens with one attached hydrogen (secondary N) is 10. The molecular weight excluding hydrogens is 1400 g/mol. The first kappa shape index (κ1) is 85.9.